The Morgan fingerprint density at radius 3 is 3.00 bits per heavy atom. The molecule has 0 heterocycles. The van der Waals surface area contributed by atoms with Gasteiger partial charge in [-0.05, 0) is 18.9 Å². The molecule has 20 heavy (non-hydrogen) atoms. The molecule has 1 atom stereocenters. The number of hydrogen-bond donors (Lipinski definition) is 2. The summed E-state index contributed by atoms with van der Waals surface area (Å²) in [6, 6.07) is 8.29. The second-order valence-corrected chi connectivity index (χ2v) is 5.72. The number of amides is 1. The third-order valence-electron chi connectivity index (χ3n) is 2.74. The third kappa shape index (κ3) is 7.53. The van der Waals surface area contributed by atoms with Crippen LogP contribution in [-0.4, -0.2) is 43.1 Å². The zero-order chi connectivity index (χ0) is 14.8. The van der Waals surface area contributed by atoms with Gasteiger partial charge in [0.15, 0.2) is 0 Å². The van der Waals surface area contributed by atoms with Gasteiger partial charge in [-0.3, -0.25) is 4.79 Å². The maximum atomic E-state index is 11.6. The van der Waals surface area contributed by atoms with E-state index in [9.17, 15) is 9.90 Å². The summed E-state index contributed by atoms with van der Waals surface area (Å²) >= 11 is 1.59. The number of methoxy groups -OCH3 is 1. The molecule has 1 aromatic rings. The van der Waals surface area contributed by atoms with Crippen LogP contribution >= 0.6 is 11.8 Å². The highest BCUT2D eigenvalue weighted by Crippen LogP contribution is 2.13. The molecule has 0 aliphatic rings. The molecule has 0 radical (unpaired) electrons. The summed E-state index contributed by atoms with van der Waals surface area (Å²) < 4.78 is 4.82. The molecule has 0 spiro atoms. The van der Waals surface area contributed by atoms with E-state index in [2.05, 4.69) is 30.4 Å². The van der Waals surface area contributed by atoms with Crippen LogP contribution in [-0.2, 0) is 15.3 Å². The summed E-state index contributed by atoms with van der Waals surface area (Å²) in [7, 11) is 1.55. The smallest absolute Gasteiger partial charge is 0.230 e. The fourth-order valence-corrected chi connectivity index (χ4v) is 2.57. The van der Waals surface area contributed by atoms with Crippen LogP contribution in [0.25, 0.3) is 0 Å². The molecular formula is C15H23NO3S. The maximum Gasteiger partial charge on any atom is 0.230 e. The van der Waals surface area contributed by atoms with Crippen molar-refractivity contribution in [3.05, 3.63) is 35.4 Å². The average molecular weight is 297 g/mol. The van der Waals surface area contributed by atoms with Gasteiger partial charge in [0.25, 0.3) is 0 Å². The van der Waals surface area contributed by atoms with Gasteiger partial charge in [-0.1, -0.05) is 29.8 Å². The Bertz CT molecular complexity index is 412. The molecule has 1 unspecified atom stereocenters. The largest absolute Gasteiger partial charge is 0.391 e. The summed E-state index contributed by atoms with van der Waals surface area (Å²) in [5, 5.41) is 12.2. The standard InChI is InChI=1S/C15H23NO3S/c1-12-4-3-5-13(8-12)10-20-11-15(18)16-7-6-14(17)9-19-2/h3-5,8,14,17H,6-7,9-11H2,1-2H3,(H,16,18). The van der Waals surface area contributed by atoms with Crippen molar-refractivity contribution < 1.29 is 14.6 Å². The predicted octanol–water partition coefficient (Wildman–Crippen LogP) is 1.74. The number of rotatable bonds is 9. The summed E-state index contributed by atoms with van der Waals surface area (Å²) in [6.07, 6.45) is 0.00234. The molecule has 0 bridgehead atoms. The Morgan fingerprint density at radius 2 is 2.30 bits per heavy atom. The number of aliphatic hydroxyl groups excluding tert-OH is 1. The molecule has 0 aliphatic heterocycles. The normalized spacial score (nSPS) is 12.2. The van der Waals surface area contributed by atoms with E-state index in [0.717, 1.165) is 5.75 Å². The minimum absolute atomic E-state index is 0.00673. The van der Waals surface area contributed by atoms with Crippen LogP contribution < -0.4 is 5.32 Å². The second-order valence-electron chi connectivity index (χ2n) is 4.73. The monoisotopic (exact) mass is 297 g/mol. The van der Waals surface area contributed by atoms with Crippen molar-refractivity contribution in [2.45, 2.75) is 25.2 Å². The first kappa shape index (κ1) is 17.0. The number of benzene rings is 1. The van der Waals surface area contributed by atoms with Gasteiger partial charge in [-0.2, -0.15) is 0 Å². The number of aliphatic hydroxyl groups is 1. The summed E-state index contributed by atoms with van der Waals surface area (Å²) in [5.41, 5.74) is 2.47. The number of carbonyl (C=O) groups excluding carboxylic acids is 1. The molecule has 1 aromatic carbocycles. The lowest BCUT2D eigenvalue weighted by molar-refractivity contribution is -0.118. The van der Waals surface area contributed by atoms with E-state index in [1.807, 2.05) is 6.07 Å². The van der Waals surface area contributed by atoms with Crippen molar-refractivity contribution in [3.63, 3.8) is 0 Å². The van der Waals surface area contributed by atoms with Crippen LogP contribution in [0.1, 0.15) is 17.5 Å². The van der Waals surface area contributed by atoms with Gasteiger partial charge in [0.1, 0.15) is 0 Å². The van der Waals surface area contributed by atoms with Crippen molar-refractivity contribution in [2.24, 2.45) is 0 Å². The van der Waals surface area contributed by atoms with E-state index in [4.69, 9.17) is 4.74 Å². The van der Waals surface area contributed by atoms with Gasteiger partial charge in [0.05, 0.1) is 18.5 Å². The molecule has 112 valence electrons. The van der Waals surface area contributed by atoms with Crippen molar-refractivity contribution in [3.8, 4) is 0 Å². The minimum Gasteiger partial charge on any atom is -0.391 e. The highest BCUT2D eigenvalue weighted by Gasteiger charge is 2.05. The van der Waals surface area contributed by atoms with E-state index in [1.54, 1.807) is 18.9 Å². The fraction of sp³-hybridized carbons (Fsp3) is 0.533. The first-order valence-electron chi connectivity index (χ1n) is 6.69. The first-order valence-corrected chi connectivity index (χ1v) is 7.84. The zero-order valence-electron chi connectivity index (χ0n) is 12.1. The maximum absolute atomic E-state index is 11.6. The highest BCUT2D eigenvalue weighted by atomic mass is 32.2. The molecule has 2 N–H and O–H groups in total. The topological polar surface area (TPSA) is 58.6 Å². The van der Waals surface area contributed by atoms with Gasteiger partial charge in [-0.25, -0.2) is 0 Å². The van der Waals surface area contributed by atoms with E-state index in [1.165, 1.54) is 11.1 Å². The molecule has 0 aliphatic carbocycles. The van der Waals surface area contributed by atoms with Crippen LogP contribution in [0.5, 0.6) is 0 Å². The van der Waals surface area contributed by atoms with E-state index >= 15 is 0 Å². The van der Waals surface area contributed by atoms with E-state index in [0.29, 0.717) is 25.3 Å². The van der Waals surface area contributed by atoms with Crippen molar-refractivity contribution in [1.82, 2.24) is 5.32 Å². The molecule has 5 heteroatoms. The number of thioether (sulfide) groups is 1. The SMILES string of the molecule is COCC(O)CCNC(=O)CSCc1cccc(C)c1. The third-order valence-corrected chi connectivity index (χ3v) is 3.75. The predicted molar refractivity (Wildman–Crippen MR) is 82.9 cm³/mol. The average Bonchev–Trinajstić information content (AvgIpc) is 2.39. The molecular weight excluding hydrogens is 274 g/mol. The van der Waals surface area contributed by atoms with Crippen LogP contribution in [0.15, 0.2) is 24.3 Å². The van der Waals surface area contributed by atoms with E-state index in [-0.39, 0.29) is 5.91 Å². The number of nitrogens with one attached hydrogen (secondary N) is 1. The van der Waals surface area contributed by atoms with E-state index < -0.39 is 6.10 Å². The molecule has 1 amide bonds. The molecule has 0 saturated heterocycles. The van der Waals surface area contributed by atoms with Crippen molar-refractivity contribution >= 4 is 17.7 Å². The minimum atomic E-state index is -0.514. The Kier molecular flexibility index (Phi) is 8.34. The Morgan fingerprint density at radius 1 is 1.50 bits per heavy atom. The van der Waals surface area contributed by atoms with Gasteiger partial charge < -0.3 is 15.2 Å². The van der Waals surface area contributed by atoms with Crippen LogP contribution in [0, 0.1) is 6.92 Å². The summed E-state index contributed by atoms with van der Waals surface area (Å²) in [6.45, 7) is 2.85. The van der Waals surface area contributed by atoms with Gasteiger partial charge in [-0.15, -0.1) is 11.8 Å². The van der Waals surface area contributed by atoms with Crippen molar-refractivity contribution in [2.75, 3.05) is 26.0 Å². The number of hydrogen-bond acceptors (Lipinski definition) is 4. The summed E-state index contributed by atoms with van der Waals surface area (Å²) in [5.74, 6) is 1.28. The second kappa shape index (κ2) is 9.80. The lowest BCUT2D eigenvalue weighted by Crippen LogP contribution is -2.29. The number of ether oxygens (including phenoxy) is 1. The van der Waals surface area contributed by atoms with Gasteiger partial charge in [0, 0.05) is 19.4 Å². The van der Waals surface area contributed by atoms with Crippen LogP contribution in [0.4, 0.5) is 0 Å². The number of aryl methyl sites for hydroxylation is 1. The zero-order valence-corrected chi connectivity index (χ0v) is 12.9. The number of carbonyl (C=O) groups is 1. The molecule has 0 saturated carbocycles. The van der Waals surface area contributed by atoms with Crippen LogP contribution in [0.3, 0.4) is 0 Å². The highest BCUT2D eigenvalue weighted by molar-refractivity contribution is 7.99. The lowest BCUT2D eigenvalue weighted by Gasteiger charge is -2.10. The van der Waals surface area contributed by atoms with Crippen LogP contribution in [0.2, 0.25) is 0 Å². The van der Waals surface area contributed by atoms with Gasteiger partial charge in [0.2, 0.25) is 5.91 Å². The Labute approximate surface area is 124 Å². The summed E-state index contributed by atoms with van der Waals surface area (Å²) in [4.78, 5) is 11.6. The van der Waals surface area contributed by atoms with Gasteiger partial charge >= 0.3 is 0 Å². The first-order chi connectivity index (χ1) is 9.61. The van der Waals surface area contributed by atoms with Crippen molar-refractivity contribution in [1.29, 1.82) is 0 Å². The Balaban J connectivity index is 2.11. The molecule has 0 fully saturated rings. The molecule has 1 rings (SSSR count). The lowest BCUT2D eigenvalue weighted by atomic mass is 10.2. The molecule has 4 nitrogen and oxygen atoms in total. The fourth-order valence-electron chi connectivity index (χ4n) is 1.77. The molecule has 0 aromatic heterocycles. The Hall–Kier alpha value is -1.04. The quantitative estimate of drug-likeness (QED) is 0.729.